The number of hydrogen-bond acceptors (Lipinski definition) is 2. The predicted molar refractivity (Wildman–Crippen MR) is 97.3 cm³/mol. The molecule has 1 N–H and O–H groups in total. The maximum Gasteiger partial charge on any atom is 0.0443 e. The molecule has 0 radical (unpaired) electrons. The van der Waals surface area contributed by atoms with Gasteiger partial charge < -0.3 is 5.11 Å². The van der Waals surface area contributed by atoms with E-state index in [1.54, 1.807) is 0 Å². The van der Waals surface area contributed by atoms with E-state index in [-0.39, 0.29) is 6.61 Å². The molecule has 2 rings (SSSR count). The molecule has 2 heteroatoms. The molecule has 1 unspecified atom stereocenters. The molecule has 0 aliphatic heterocycles. The number of nitrogens with zero attached hydrogens (tertiary/aromatic N) is 1. The molecule has 0 amide bonds. The topological polar surface area (TPSA) is 23.5 Å². The molecule has 1 atom stereocenters. The zero-order chi connectivity index (χ0) is 16.5. The van der Waals surface area contributed by atoms with Crippen molar-refractivity contribution in [1.82, 2.24) is 4.90 Å². The largest absolute Gasteiger partial charge is 0.396 e. The Labute approximate surface area is 140 Å². The van der Waals surface area contributed by atoms with Crippen LogP contribution in [0.1, 0.15) is 31.4 Å². The summed E-state index contributed by atoms with van der Waals surface area (Å²) in [6.45, 7) is 6.72. The van der Waals surface area contributed by atoms with E-state index in [2.05, 4.69) is 79.4 Å². The van der Waals surface area contributed by atoms with Gasteiger partial charge in [0.1, 0.15) is 0 Å². The van der Waals surface area contributed by atoms with Crippen LogP contribution in [0.15, 0.2) is 60.7 Å². The van der Waals surface area contributed by atoms with E-state index in [1.165, 1.54) is 11.1 Å². The summed E-state index contributed by atoms with van der Waals surface area (Å²) < 4.78 is 0. The molecule has 0 heterocycles. The van der Waals surface area contributed by atoms with Gasteiger partial charge in [-0.3, -0.25) is 4.90 Å². The van der Waals surface area contributed by atoms with E-state index < -0.39 is 0 Å². The fourth-order valence-corrected chi connectivity index (χ4v) is 3.10. The van der Waals surface area contributed by atoms with E-state index in [0.29, 0.717) is 12.0 Å². The summed E-state index contributed by atoms with van der Waals surface area (Å²) in [4.78, 5) is 2.53. The summed E-state index contributed by atoms with van der Waals surface area (Å²) in [5.74, 6) is 0.567. The molecule has 23 heavy (non-hydrogen) atoms. The average molecular weight is 311 g/mol. The van der Waals surface area contributed by atoms with Crippen molar-refractivity contribution in [3.8, 4) is 0 Å². The summed E-state index contributed by atoms with van der Waals surface area (Å²) in [5.41, 5.74) is 2.72. The first-order chi connectivity index (χ1) is 11.2. The van der Waals surface area contributed by atoms with Gasteiger partial charge in [0.25, 0.3) is 0 Å². The molecular weight excluding hydrogens is 282 g/mol. The molecule has 0 bridgehead atoms. The normalized spacial score (nSPS) is 12.7. The zero-order valence-corrected chi connectivity index (χ0v) is 14.4. The third-order valence-corrected chi connectivity index (χ3v) is 4.36. The van der Waals surface area contributed by atoms with E-state index >= 15 is 0 Å². The van der Waals surface area contributed by atoms with Crippen LogP contribution in [0, 0.1) is 5.92 Å². The molecule has 0 fully saturated rings. The number of rotatable bonds is 9. The van der Waals surface area contributed by atoms with Crippen molar-refractivity contribution in [2.24, 2.45) is 5.92 Å². The van der Waals surface area contributed by atoms with Crippen LogP contribution in [0.2, 0.25) is 0 Å². The second-order valence-electron chi connectivity index (χ2n) is 6.53. The van der Waals surface area contributed by atoms with Crippen LogP contribution in [-0.2, 0) is 13.0 Å². The van der Waals surface area contributed by atoms with Gasteiger partial charge in [-0.25, -0.2) is 0 Å². The minimum atomic E-state index is 0.251. The number of benzene rings is 2. The molecule has 124 valence electrons. The molecule has 0 spiro atoms. The lowest BCUT2D eigenvalue weighted by atomic mass is 9.94. The van der Waals surface area contributed by atoms with Crippen LogP contribution < -0.4 is 0 Å². The highest BCUT2D eigenvalue weighted by atomic mass is 16.3. The minimum Gasteiger partial charge on any atom is -0.396 e. The molecule has 2 aromatic rings. The minimum absolute atomic E-state index is 0.251. The SMILES string of the molecule is CC(C)C(Cc1ccccc1)N(CCCO)Cc1ccccc1. The Hall–Kier alpha value is -1.64. The van der Waals surface area contributed by atoms with E-state index in [4.69, 9.17) is 0 Å². The van der Waals surface area contributed by atoms with Crippen LogP contribution >= 0.6 is 0 Å². The van der Waals surface area contributed by atoms with Crippen LogP contribution in [0.5, 0.6) is 0 Å². The first kappa shape index (κ1) is 17.7. The average Bonchev–Trinajstić information content (AvgIpc) is 2.58. The first-order valence-electron chi connectivity index (χ1n) is 8.63. The molecule has 0 aliphatic carbocycles. The lowest BCUT2D eigenvalue weighted by molar-refractivity contribution is 0.131. The third-order valence-electron chi connectivity index (χ3n) is 4.36. The van der Waals surface area contributed by atoms with Crippen molar-refractivity contribution < 1.29 is 5.11 Å². The van der Waals surface area contributed by atoms with Gasteiger partial charge in [0.15, 0.2) is 0 Å². The molecule has 2 aromatic carbocycles. The van der Waals surface area contributed by atoms with Gasteiger partial charge in [-0.1, -0.05) is 74.5 Å². The second-order valence-corrected chi connectivity index (χ2v) is 6.53. The lowest BCUT2D eigenvalue weighted by Crippen LogP contribution is -2.41. The monoisotopic (exact) mass is 311 g/mol. The Morgan fingerprint density at radius 3 is 1.96 bits per heavy atom. The van der Waals surface area contributed by atoms with Crippen molar-refractivity contribution in [3.05, 3.63) is 71.8 Å². The summed E-state index contributed by atoms with van der Waals surface area (Å²) in [5, 5.41) is 9.26. The van der Waals surface area contributed by atoms with Crippen molar-refractivity contribution in [2.75, 3.05) is 13.2 Å². The van der Waals surface area contributed by atoms with Gasteiger partial charge in [-0.2, -0.15) is 0 Å². The first-order valence-corrected chi connectivity index (χ1v) is 8.63. The molecular formula is C21H29NO. The Bertz CT molecular complexity index is 538. The van der Waals surface area contributed by atoms with Crippen LogP contribution in [0.4, 0.5) is 0 Å². The summed E-state index contributed by atoms with van der Waals surface area (Å²) in [6, 6.07) is 21.8. The fourth-order valence-electron chi connectivity index (χ4n) is 3.10. The predicted octanol–water partition coefficient (Wildman–Crippen LogP) is 4.14. The summed E-state index contributed by atoms with van der Waals surface area (Å²) >= 11 is 0. The number of aliphatic hydroxyl groups is 1. The van der Waals surface area contributed by atoms with E-state index in [9.17, 15) is 5.11 Å². The highest BCUT2D eigenvalue weighted by molar-refractivity contribution is 5.17. The molecule has 0 saturated heterocycles. The second kappa shape index (κ2) is 9.49. The van der Waals surface area contributed by atoms with Gasteiger partial charge >= 0.3 is 0 Å². The van der Waals surface area contributed by atoms with Gasteiger partial charge in [0, 0.05) is 25.7 Å². The van der Waals surface area contributed by atoms with Crippen LogP contribution in [0.25, 0.3) is 0 Å². The number of hydrogen-bond donors (Lipinski definition) is 1. The zero-order valence-electron chi connectivity index (χ0n) is 14.4. The van der Waals surface area contributed by atoms with Gasteiger partial charge in [0.05, 0.1) is 0 Å². The van der Waals surface area contributed by atoms with Crippen molar-refractivity contribution in [1.29, 1.82) is 0 Å². The van der Waals surface area contributed by atoms with Crippen LogP contribution in [0.3, 0.4) is 0 Å². The van der Waals surface area contributed by atoms with Gasteiger partial charge in [0.2, 0.25) is 0 Å². The van der Waals surface area contributed by atoms with Crippen molar-refractivity contribution in [3.63, 3.8) is 0 Å². The Kier molecular flexibility index (Phi) is 7.31. The fraction of sp³-hybridized carbons (Fsp3) is 0.429. The maximum atomic E-state index is 9.26. The Morgan fingerprint density at radius 1 is 0.870 bits per heavy atom. The van der Waals surface area contributed by atoms with Crippen LogP contribution in [-0.4, -0.2) is 29.2 Å². The standard InChI is InChI=1S/C21H29NO/c1-18(2)21(16-19-10-5-3-6-11-19)22(14-9-15-23)17-20-12-7-4-8-13-20/h3-8,10-13,18,21,23H,9,14-17H2,1-2H3. The smallest absolute Gasteiger partial charge is 0.0443 e. The maximum absolute atomic E-state index is 9.26. The highest BCUT2D eigenvalue weighted by Crippen LogP contribution is 2.20. The summed E-state index contributed by atoms with van der Waals surface area (Å²) in [6.07, 6.45) is 1.88. The molecule has 2 nitrogen and oxygen atoms in total. The molecule has 0 aliphatic rings. The highest BCUT2D eigenvalue weighted by Gasteiger charge is 2.22. The lowest BCUT2D eigenvalue weighted by Gasteiger charge is -2.35. The van der Waals surface area contributed by atoms with Crippen molar-refractivity contribution in [2.45, 2.75) is 39.3 Å². The van der Waals surface area contributed by atoms with Gasteiger partial charge in [-0.15, -0.1) is 0 Å². The third kappa shape index (κ3) is 5.81. The quantitative estimate of drug-likeness (QED) is 0.752. The summed E-state index contributed by atoms with van der Waals surface area (Å²) in [7, 11) is 0. The Morgan fingerprint density at radius 2 is 1.43 bits per heavy atom. The van der Waals surface area contributed by atoms with Crippen molar-refractivity contribution >= 4 is 0 Å². The molecule has 0 saturated carbocycles. The molecule has 0 aromatic heterocycles. The van der Waals surface area contributed by atoms with Gasteiger partial charge in [-0.05, 0) is 29.9 Å². The Balaban J connectivity index is 2.14. The van der Waals surface area contributed by atoms with E-state index in [1.807, 2.05) is 0 Å². The van der Waals surface area contributed by atoms with E-state index in [0.717, 1.165) is 25.9 Å². The number of aliphatic hydroxyl groups excluding tert-OH is 1.